The molecule has 94 valence electrons. The highest BCUT2D eigenvalue weighted by Crippen LogP contribution is 2.17. The molecule has 7 heteroatoms. The zero-order chi connectivity index (χ0) is 13.1. The molecule has 2 heterocycles. The summed E-state index contributed by atoms with van der Waals surface area (Å²) in [6.07, 6.45) is 1.62. The molecule has 5 nitrogen and oxygen atoms in total. The van der Waals surface area contributed by atoms with Gasteiger partial charge in [-0.2, -0.15) is 0 Å². The third-order valence-electron chi connectivity index (χ3n) is 2.11. The lowest BCUT2D eigenvalue weighted by molar-refractivity contribution is 0.102. The molecule has 0 spiro atoms. The number of carbonyl (C=O) groups excluding carboxylic acids is 1. The zero-order valence-electron chi connectivity index (χ0n) is 9.55. The Morgan fingerprint density at radius 2 is 2.33 bits per heavy atom. The van der Waals surface area contributed by atoms with Crippen LogP contribution < -0.4 is 11.1 Å². The van der Waals surface area contributed by atoms with Gasteiger partial charge in [-0.15, -0.1) is 11.3 Å². The summed E-state index contributed by atoms with van der Waals surface area (Å²) >= 11 is 4.65. The summed E-state index contributed by atoms with van der Waals surface area (Å²) < 4.78 is 0.855. The fourth-order valence-electron chi connectivity index (χ4n) is 1.23. The lowest BCUT2D eigenvalue weighted by Crippen LogP contribution is -2.14. The van der Waals surface area contributed by atoms with Gasteiger partial charge in [0.25, 0.3) is 5.91 Å². The van der Waals surface area contributed by atoms with Crippen LogP contribution in [0.4, 0.5) is 5.82 Å². The van der Waals surface area contributed by atoms with Crippen LogP contribution in [0.15, 0.2) is 28.2 Å². The highest BCUT2D eigenvalue weighted by atomic mass is 79.9. The summed E-state index contributed by atoms with van der Waals surface area (Å²) in [6, 6.07) is 3.35. The van der Waals surface area contributed by atoms with Crippen molar-refractivity contribution in [3.8, 4) is 0 Å². The van der Waals surface area contributed by atoms with E-state index >= 15 is 0 Å². The average molecular weight is 327 g/mol. The molecule has 0 saturated carbocycles. The Hall–Kier alpha value is -1.31. The minimum Gasteiger partial charge on any atom is -0.322 e. The molecule has 2 aromatic heterocycles. The SMILES string of the molecule is CC(N)c1nc(C(=O)Nc2ccc(Br)cn2)cs1. The van der Waals surface area contributed by atoms with Crippen LogP contribution in [0, 0.1) is 0 Å². The number of aromatic nitrogens is 2. The molecule has 1 amide bonds. The van der Waals surface area contributed by atoms with Gasteiger partial charge >= 0.3 is 0 Å². The standard InChI is InChI=1S/C11H11BrN4OS/c1-6(13)11-15-8(5-18-11)10(17)16-9-3-2-7(12)4-14-9/h2-6H,13H2,1H3,(H,14,16,17). The number of amides is 1. The van der Waals surface area contributed by atoms with Crippen LogP contribution in [0.2, 0.25) is 0 Å². The Kier molecular flexibility index (Phi) is 4.05. The number of carbonyl (C=O) groups is 1. The Morgan fingerprint density at radius 3 is 2.89 bits per heavy atom. The normalized spacial score (nSPS) is 12.2. The van der Waals surface area contributed by atoms with Gasteiger partial charge < -0.3 is 11.1 Å². The maximum atomic E-state index is 11.9. The fourth-order valence-corrected chi connectivity index (χ4v) is 2.22. The van der Waals surface area contributed by atoms with Crippen LogP contribution in [0.1, 0.15) is 28.5 Å². The van der Waals surface area contributed by atoms with Crippen molar-refractivity contribution in [3.63, 3.8) is 0 Å². The predicted molar refractivity (Wildman–Crippen MR) is 74.6 cm³/mol. The van der Waals surface area contributed by atoms with Crippen molar-refractivity contribution in [2.24, 2.45) is 5.73 Å². The molecule has 18 heavy (non-hydrogen) atoms. The highest BCUT2D eigenvalue weighted by molar-refractivity contribution is 9.10. The second-order valence-corrected chi connectivity index (χ2v) is 5.48. The number of nitrogens with zero attached hydrogens (tertiary/aromatic N) is 2. The Labute approximate surface area is 117 Å². The Bertz CT molecular complexity index is 552. The van der Waals surface area contributed by atoms with Crippen molar-refractivity contribution in [1.82, 2.24) is 9.97 Å². The maximum absolute atomic E-state index is 11.9. The topological polar surface area (TPSA) is 80.9 Å². The van der Waals surface area contributed by atoms with E-state index < -0.39 is 0 Å². The second kappa shape index (κ2) is 5.55. The Balaban J connectivity index is 2.09. The van der Waals surface area contributed by atoms with E-state index in [0.29, 0.717) is 11.5 Å². The largest absolute Gasteiger partial charge is 0.322 e. The van der Waals surface area contributed by atoms with E-state index in [2.05, 4.69) is 31.2 Å². The third-order valence-corrected chi connectivity index (χ3v) is 3.63. The van der Waals surface area contributed by atoms with E-state index in [-0.39, 0.29) is 11.9 Å². The average Bonchev–Trinajstić information content (AvgIpc) is 2.81. The predicted octanol–water partition coefficient (Wildman–Crippen LogP) is 2.57. The minimum absolute atomic E-state index is 0.164. The first-order chi connectivity index (χ1) is 8.56. The zero-order valence-corrected chi connectivity index (χ0v) is 12.0. The monoisotopic (exact) mass is 326 g/mol. The van der Waals surface area contributed by atoms with Crippen molar-refractivity contribution < 1.29 is 4.79 Å². The van der Waals surface area contributed by atoms with Gasteiger partial charge in [0.05, 0.1) is 6.04 Å². The number of hydrogen-bond acceptors (Lipinski definition) is 5. The number of pyridine rings is 1. The second-order valence-electron chi connectivity index (χ2n) is 3.68. The number of rotatable bonds is 3. The first-order valence-corrected chi connectivity index (χ1v) is 6.87. The van der Waals surface area contributed by atoms with E-state index in [4.69, 9.17) is 5.73 Å². The first-order valence-electron chi connectivity index (χ1n) is 5.20. The van der Waals surface area contributed by atoms with Gasteiger partial charge in [0.2, 0.25) is 0 Å². The maximum Gasteiger partial charge on any atom is 0.276 e. The quantitative estimate of drug-likeness (QED) is 0.908. The van der Waals surface area contributed by atoms with E-state index in [1.807, 2.05) is 6.92 Å². The highest BCUT2D eigenvalue weighted by Gasteiger charge is 2.13. The molecule has 2 rings (SSSR count). The summed E-state index contributed by atoms with van der Waals surface area (Å²) in [4.78, 5) is 20.1. The number of anilines is 1. The molecule has 2 aromatic rings. The van der Waals surface area contributed by atoms with Gasteiger partial charge in [-0.05, 0) is 35.0 Å². The fraction of sp³-hybridized carbons (Fsp3) is 0.182. The molecule has 3 N–H and O–H groups in total. The Morgan fingerprint density at radius 1 is 1.56 bits per heavy atom. The van der Waals surface area contributed by atoms with E-state index in [1.165, 1.54) is 11.3 Å². The van der Waals surface area contributed by atoms with Gasteiger partial charge in [-0.3, -0.25) is 4.79 Å². The number of thiazole rings is 1. The van der Waals surface area contributed by atoms with Crippen molar-refractivity contribution in [3.05, 3.63) is 38.9 Å². The molecule has 0 radical (unpaired) electrons. The molecule has 0 saturated heterocycles. The van der Waals surface area contributed by atoms with Gasteiger partial charge in [0, 0.05) is 16.0 Å². The molecule has 0 bridgehead atoms. The lowest BCUT2D eigenvalue weighted by Gasteiger charge is -2.02. The molecule has 0 aliphatic carbocycles. The first kappa shape index (κ1) is 13.1. The third kappa shape index (κ3) is 3.12. The molecular formula is C11H11BrN4OS. The summed E-state index contributed by atoms with van der Waals surface area (Å²) in [5, 5.41) is 5.10. The van der Waals surface area contributed by atoms with Gasteiger partial charge in [-0.25, -0.2) is 9.97 Å². The molecule has 0 aliphatic rings. The van der Waals surface area contributed by atoms with Crippen LogP contribution in [0.3, 0.4) is 0 Å². The summed E-state index contributed by atoms with van der Waals surface area (Å²) in [5.41, 5.74) is 6.05. The number of nitrogens with two attached hydrogens (primary N) is 1. The molecule has 1 atom stereocenters. The van der Waals surface area contributed by atoms with Crippen LogP contribution in [-0.4, -0.2) is 15.9 Å². The number of halogens is 1. The van der Waals surface area contributed by atoms with Crippen molar-refractivity contribution in [2.45, 2.75) is 13.0 Å². The van der Waals surface area contributed by atoms with Gasteiger partial charge in [0.15, 0.2) is 0 Å². The lowest BCUT2D eigenvalue weighted by atomic mass is 10.4. The molecule has 0 aromatic carbocycles. The van der Waals surface area contributed by atoms with Crippen LogP contribution in [0.25, 0.3) is 0 Å². The van der Waals surface area contributed by atoms with Gasteiger partial charge in [0.1, 0.15) is 16.5 Å². The summed E-state index contributed by atoms with van der Waals surface area (Å²) in [7, 11) is 0. The molecule has 0 aliphatic heterocycles. The molecule has 1 unspecified atom stereocenters. The van der Waals surface area contributed by atoms with E-state index in [9.17, 15) is 4.79 Å². The summed E-state index contributed by atoms with van der Waals surface area (Å²) in [5.74, 6) is 0.200. The number of nitrogens with one attached hydrogen (secondary N) is 1. The smallest absolute Gasteiger partial charge is 0.276 e. The van der Waals surface area contributed by atoms with Crippen molar-refractivity contribution in [1.29, 1.82) is 0 Å². The summed E-state index contributed by atoms with van der Waals surface area (Å²) in [6.45, 7) is 1.83. The van der Waals surface area contributed by atoms with E-state index in [0.717, 1.165) is 9.48 Å². The number of hydrogen-bond donors (Lipinski definition) is 2. The minimum atomic E-state index is -0.284. The molecule has 0 fully saturated rings. The van der Waals surface area contributed by atoms with Gasteiger partial charge in [-0.1, -0.05) is 0 Å². The molecular weight excluding hydrogens is 316 g/mol. The van der Waals surface area contributed by atoms with Crippen LogP contribution in [0.5, 0.6) is 0 Å². The van der Waals surface area contributed by atoms with Crippen molar-refractivity contribution in [2.75, 3.05) is 5.32 Å². The van der Waals surface area contributed by atoms with Crippen LogP contribution in [-0.2, 0) is 0 Å². The van der Waals surface area contributed by atoms with E-state index in [1.54, 1.807) is 23.7 Å². The van der Waals surface area contributed by atoms with Crippen molar-refractivity contribution >= 4 is 39.0 Å². The van der Waals surface area contributed by atoms with Crippen LogP contribution >= 0.6 is 27.3 Å².